The summed E-state index contributed by atoms with van der Waals surface area (Å²) < 4.78 is 1.74. The molecule has 0 spiro atoms. The highest BCUT2D eigenvalue weighted by Crippen LogP contribution is 2.38. The van der Waals surface area contributed by atoms with Gasteiger partial charge in [-0.15, -0.1) is 10.2 Å². The van der Waals surface area contributed by atoms with Crippen molar-refractivity contribution >= 4 is 5.82 Å². The zero-order valence-electron chi connectivity index (χ0n) is 13.1. The van der Waals surface area contributed by atoms with Gasteiger partial charge in [0.1, 0.15) is 0 Å². The maximum atomic E-state index is 4.37. The van der Waals surface area contributed by atoms with Gasteiger partial charge < -0.3 is 4.90 Å². The smallest absolute Gasteiger partial charge is 0.151 e. The van der Waals surface area contributed by atoms with Crippen molar-refractivity contribution in [2.75, 3.05) is 25.0 Å². The Morgan fingerprint density at radius 2 is 2.00 bits per heavy atom. The first-order valence-corrected chi connectivity index (χ1v) is 7.83. The summed E-state index contributed by atoms with van der Waals surface area (Å²) in [6, 6.07) is 4.78. The lowest BCUT2D eigenvalue weighted by Gasteiger charge is -2.44. The Kier molecular flexibility index (Phi) is 3.29. The van der Waals surface area contributed by atoms with Crippen molar-refractivity contribution < 1.29 is 0 Å². The predicted molar refractivity (Wildman–Crippen MR) is 82.5 cm³/mol. The van der Waals surface area contributed by atoms with E-state index < -0.39 is 0 Å². The quantitative estimate of drug-likeness (QED) is 0.814. The lowest BCUT2D eigenvalue weighted by Crippen LogP contribution is -2.58. The van der Waals surface area contributed by atoms with E-state index in [4.69, 9.17) is 0 Å². The van der Waals surface area contributed by atoms with Gasteiger partial charge in [0.2, 0.25) is 0 Å². The minimum atomic E-state index is 0.534. The molecule has 2 aliphatic rings. The van der Waals surface area contributed by atoms with Gasteiger partial charge in [-0.25, -0.2) is 0 Å². The summed E-state index contributed by atoms with van der Waals surface area (Å²) in [5, 5.41) is 16.8. The van der Waals surface area contributed by atoms with Gasteiger partial charge in [-0.1, -0.05) is 5.21 Å². The number of hydrogen-bond acceptors (Lipinski definition) is 6. The van der Waals surface area contributed by atoms with Gasteiger partial charge >= 0.3 is 0 Å². The summed E-state index contributed by atoms with van der Waals surface area (Å²) >= 11 is 0. The molecule has 0 unspecified atom stereocenters. The molecule has 0 atom stereocenters. The molecule has 2 aromatic heterocycles. The Bertz CT molecular complexity index is 640. The van der Waals surface area contributed by atoms with E-state index in [0.717, 1.165) is 36.8 Å². The van der Waals surface area contributed by atoms with Crippen LogP contribution in [-0.4, -0.2) is 56.3 Å². The molecule has 0 bridgehead atoms. The molecule has 2 fully saturated rings. The van der Waals surface area contributed by atoms with Crippen LogP contribution >= 0.6 is 0 Å². The molecule has 22 heavy (non-hydrogen) atoms. The number of likely N-dealkylation sites (N-methyl/N-ethyl adjacent to an activating group) is 1. The normalized spacial score (nSPS) is 18.8. The van der Waals surface area contributed by atoms with E-state index in [-0.39, 0.29) is 0 Å². The molecule has 0 aromatic carbocycles. The van der Waals surface area contributed by atoms with Crippen LogP contribution in [-0.2, 0) is 13.6 Å². The fourth-order valence-electron chi connectivity index (χ4n) is 2.87. The fourth-order valence-corrected chi connectivity index (χ4v) is 2.87. The number of hydrogen-bond donors (Lipinski definition) is 0. The zero-order chi connectivity index (χ0) is 15.1. The lowest BCUT2D eigenvalue weighted by molar-refractivity contribution is 0.194. The Balaban J connectivity index is 1.31. The molecule has 2 aromatic rings. The van der Waals surface area contributed by atoms with Crippen LogP contribution in [0.4, 0.5) is 5.82 Å². The van der Waals surface area contributed by atoms with Crippen LogP contribution in [0.2, 0.25) is 0 Å². The predicted octanol–water partition coefficient (Wildman–Crippen LogP) is 0.803. The first-order valence-electron chi connectivity index (χ1n) is 7.83. The van der Waals surface area contributed by atoms with Crippen molar-refractivity contribution in [3.8, 4) is 0 Å². The van der Waals surface area contributed by atoms with E-state index in [1.54, 1.807) is 4.68 Å². The van der Waals surface area contributed by atoms with Gasteiger partial charge in [-0.05, 0) is 32.0 Å². The molecule has 7 heteroatoms. The number of rotatable bonds is 5. The highest BCUT2D eigenvalue weighted by atomic mass is 15.4. The van der Waals surface area contributed by atoms with Crippen LogP contribution < -0.4 is 4.90 Å². The molecule has 4 rings (SSSR count). The van der Waals surface area contributed by atoms with E-state index >= 15 is 0 Å². The number of aryl methyl sites for hydroxylation is 1. The van der Waals surface area contributed by atoms with Crippen LogP contribution in [0.5, 0.6) is 0 Å². The maximum Gasteiger partial charge on any atom is 0.151 e. The van der Waals surface area contributed by atoms with E-state index in [1.807, 2.05) is 13.2 Å². The Labute approximate surface area is 129 Å². The third kappa shape index (κ3) is 2.68. The van der Waals surface area contributed by atoms with Crippen molar-refractivity contribution in [2.24, 2.45) is 7.05 Å². The van der Waals surface area contributed by atoms with Gasteiger partial charge in [-0.3, -0.25) is 9.58 Å². The molecule has 1 saturated carbocycles. The summed E-state index contributed by atoms with van der Waals surface area (Å²) in [7, 11) is 4.03. The van der Waals surface area contributed by atoms with E-state index in [0.29, 0.717) is 12.0 Å². The Hall–Kier alpha value is -2.02. The third-order valence-electron chi connectivity index (χ3n) is 4.54. The molecular formula is C15H21N7. The molecule has 0 amide bonds. The fraction of sp³-hybridized carbons (Fsp3) is 0.600. The highest BCUT2D eigenvalue weighted by molar-refractivity contribution is 5.42. The van der Waals surface area contributed by atoms with Gasteiger partial charge in [0.25, 0.3) is 0 Å². The van der Waals surface area contributed by atoms with Crippen molar-refractivity contribution in [1.82, 2.24) is 30.1 Å². The summed E-state index contributed by atoms with van der Waals surface area (Å²) in [6.07, 6.45) is 4.51. The molecule has 3 heterocycles. The van der Waals surface area contributed by atoms with Crippen LogP contribution in [0.15, 0.2) is 18.3 Å². The summed E-state index contributed by atoms with van der Waals surface area (Å²) in [5.74, 6) is 1.66. The Morgan fingerprint density at radius 1 is 1.18 bits per heavy atom. The molecule has 1 aliphatic carbocycles. The Morgan fingerprint density at radius 3 is 2.59 bits per heavy atom. The molecular weight excluding hydrogens is 278 g/mol. The second-order valence-electron chi connectivity index (χ2n) is 6.45. The van der Waals surface area contributed by atoms with Crippen LogP contribution in [0, 0.1) is 0 Å². The van der Waals surface area contributed by atoms with Crippen molar-refractivity contribution in [2.45, 2.75) is 31.3 Å². The monoisotopic (exact) mass is 299 g/mol. The van der Waals surface area contributed by atoms with Gasteiger partial charge in [-0.2, -0.15) is 5.10 Å². The lowest BCUT2D eigenvalue weighted by atomic mass is 10.1. The average Bonchev–Trinajstić information content (AvgIpc) is 3.22. The van der Waals surface area contributed by atoms with Gasteiger partial charge in [0, 0.05) is 44.8 Å². The van der Waals surface area contributed by atoms with E-state index in [1.165, 1.54) is 12.8 Å². The molecule has 0 radical (unpaired) electrons. The van der Waals surface area contributed by atoms with Crippen molar-refractivity contribution in [3.63, 3.8) is 0 Å². The average molecular weight is 299 g/mol. The second-order valence-corrected chi connectivity index (χ2v) is 6.45. The number of nitrogens with zero attached hydrogens (tertiary/aromatic N) is 7. The largest absolute Gasteiger partial charge is 0.352 e. The van der Waals surface area contributed by atoms with Crippen LogP contribution in [0.25, 0.3) is 0 Å². The molecule has 0 N–H and O–H groups in total. The number of anilines is 1. The summed E-state index contributed by atoms with van der Waals surface area (Å²) in [4.78, 5) is 4.61. The van der Waals surface area contributed by atoms with Gasteiger partial charge in [0.05, 0.1) is 11.4 Å². The van der Waals surface area contributed by atoms with Crippen molar-refractivity contribution in [3.05, 3.63) is 29.7 Å². The standard InChI is InChI=1S/C15H21N7/c1-20(7-12-8-21(2)19-16-12)13-9-22(10-13)15-6-5-14(17-18-15)11-3-4-11/h5-6,8,11,13H,3-4,7,9-10H2,1-2H3. The minimum Gasteiger partial charge on any atom is -0.352 e. The molecule has 7 nitrogen and oxygen atoms in total. The molecule has 1 aliphatic heterocycles. The van der Waals surface area contributed by atoms with Crippen LogP contribution in [0.3, 0.4) is 0 Å². The summed E-state index contributed by atoms with van der Waals surface area (Å²) in [5.41, 5.74) is 2.16. The van der Waals surface area contributed by atoms with E-state index in [9.17, 15) is 0 Å². The first-order chi connectivity index (χ1) is 10.7. The molecule has 1 saturated heterocycles. The molecule has 116 valence electrons. The van der Waals surface area contributed by atoms with Gasteiger partial charge in [0.15, 0.2) is 5.82 Å². The maximum absolute atomic E-state index is 4.37. The topological polar surface area (TPSA) is 63.0 Å². The SMILES string of the molecule is CN(Cc1cn(C)nn1)C1CN(c2ccc(C3CC3)nn2)C1. The van der Waals surface area contributed by atoms with Crippen molar-refractivity contribution in [1.29, 1.82) is 0 Å². The van der Waals surface area contributed by atoms with Crippen LogP contribution in [0.1, 0.15) is 30.1 Å². The summed E-state index contributed by atoms with van der Waals surface area (Å²) in [6.45, 7) is 2.82. The second kappa shape index (κ2) is 5.31. The first kappa shape index (κ1) is 13.6. The highest BCUT2D eigenvalue weighted by Gasteiger charge is 2.32. The third-order valence-corrected chi connectivity index (χ3v) is 4.54. The zero-order valence-corrected chi connectivity index (χ0v) is 13.1. The number of aromatic nitrogens is 5. The minimum absolute atomic E-state index is 0.534. The van der Waals surface area contributed by atoms with E-state index in [2.05, 4.69) is 49.5 Å².